The Balaban J connectivity index is 2.32. The number of nitrogens with zero attached hydrogens (tertiary/aromatic N) is 1. The summed E-state index contributed by atoms with van der Waals surface area (Å²) in [5.41, 5.74) is 0. The summed E-state index contributed by atoms with van der Waals surface area (Å²) >= 11 is 0. The van der Waals surface area contributed by atoms with Crippen molar-refractivity contribution in [2.24, 2.45) is 11.8 Å². The Morgan fingerprint density at radius 3 is 2.53 bits per heavy atom. The molecule has 0 bridgehead atoms. The lowest BCUT2D eigenvalue weighted by atomic mass is 9.84. The third-order valence-corrected chi connectivity index (χ3v) is 3.61. The standard InChI is InChI=1S/C12H23NO2/c1-4-10(2)11-5-7-13(8-6-11)12(14)9-15-3/h10-11H,4-9H2,1-3H3. The molecule has 1 saturated heterocycles. The second-order valence-electron chi connectivity index (χ2n) is 4.54. The quantitative estimate of drug-likeness (QED) is 0.714. The van der Waals surface area contributed by atoms with Crippen LogP contribution in [0.15, 0.2) is 0 Å². The second-order valence-corrected chi connectivity index (χ2v) is 4.54. The van der Waals surface area contributed by atoms with Gasteiger partial charge in [-0.05, 0) is 24.7 Å². The van der Waals surface area contributed by atoms with E-state index in [-0.39, 0.29) is 12.5 Å². The van der Waals surface area contributed by atoms with Gasteiger partial charge < -0.3 is 9.64 Å². The maximum Gasteiger partial charge on any atom is 0.248 e. The van der Waals surface area contributed by atoms with Crippen molar-refractivity contribution in [3.63, 3.8) is 0 Å². The molecule has 1 fully saturated rings. The minimum absolute atomic E-state index is 0.139. The molecule has 3 nitrogen and oxygen atoms in total. The molecule has 0 saturated carbocycles. The summed E-state index contributed by atoms with van der Waals surface area (Å²) in [7, 11) is 1.57. The van der Waals surface area contributed by atoms with Crippen LogP contribution in [0, 0.1) is 11.8 Å². The van der Waals surface area contributed by atoms with Crippen molar-refractivity contribution in [3.05, 3.63) is 0 Å². The van der Waals surface area contributed by atoms with Crippen LogP contribution in [-0.2, 0) is 9.53 Å². The number of methoxy groups -OCH3 is 1. The van der Waals surface area contributed by atoms with Crippen molar-refractivity contribution in [3.8, 4) is 0 Å². The zero-order chi connectivity index (χ0) is 11.3. The molecule has 1 heterocycles. The van der Waals surface area contributed by atoms with Crippen LogP contribution < -0.4 is 0 Å². The molecule has 0 radical (unpaired) electrons. The molecule has 1 rings (SSSR count). The van der Waals surface area contributed by atoms with Crippen molar-refractivity contribution in [1.29, 1.82) is 0 Å². The largest absolute Gasteiger partial charge is 0.375 e. The van der Waals surface area contributed by atoms with E-state index in [2.05, 4.69) is 13.8 Å². The number of hydrogen-bond acceptors (Lipinski definition) is 2. The molecule has 1 amide bonds. The molecular formula is C12H23NO2. The highest BCUT2D eigenvalue weighted by atomic mass is 16.5. The third-order valence-electron chi connectivity index (χ3n) is 3.61. The van der Waals surface area contributed by atoms with Gasteiger partial charge in [-0.1, -0.05) is 20.3 Å². The van der Waals surface area contributed by atoms with E-state index in [1.165, 1.54) is 6.42 Å². The molecule has 88 valence electrons. The zero-order valence-electron chi connectivity index (χ0n) is 10.2. The lowest BCUT2D eigenvalue weighted by molar-refractivity contribution is -0.136. The van der Waals surface area contributed by atoms with Crippen molar-refractivity contribution in [2.45, 2.75) is 33.1 Å². The molecule has 0 aromatic rings. The molecular weight excluding hydrogens is 190 g/mol. The van der Waals surface area contributed by atoms with Crippen LogP contribution in [0.1, 0.15) is 33.1 Å². The Morgan fingerprint density at radius 2 is 2.07 bits per heavy atom. The molecule has 1 aliphatic rings. The van der Waals surface area contributed by atoms with E-state index < -0.39 is 0 Å². The fourth-order valence-electron chi connectivity index (χ4n) is 2.27. The molecule has 3 heteroatoms. The molecule has 0 aliphatic carbocycles. The Labute approximate surface area is 92.8 Å². The van der Waals surface area contributed by atoms with Gasteiger partial charge in [0.1, 0.15) is 6.61 Å². The van der Waals surface area contributed by atoms with Gasteiger partial charge >= 0.3 is 0 Å². The van der Waals surface area contributed by atoms with E-state index in [0.717, 1.165) is 37.8 Å². The highest BCUT2D eigenvalue weighted by Gasteiger charge is 2.25. The van der Waals surface area contributed by atoms with Crippen LogP contribution in [0.4, 0.5) is 0 Å². The molecule has 1 atom stereocenters. The van der Waals surface area contributed by atoms with Gasteiger partial charge in [0.15, 0.2) is 0 Å². The number of rotatable bonds is 4. The maximum atomic E-state index is 11.5. The van der Waals surface area contributed by atoms with Gasteiger partial charge in [0.2, 0.25) is 5.91 Å². The smallest absolute Gasteiger partial charge is 0.248 e. The van der Waals surface area contributed by atoms with E-state index in [0.29, 0.717) is 0 Å². The van der Waals surface area contributed by atoms with Crippen LogP contribution in [0.3, 0.4) is 0 Å². The highest BCUT2D eigenvalue weighted by molar-refractivity contribution is 5.77. The Kier molecular flexibility index (Phi) is 5.09. The fourth-order valence-corrected chi connectivity index (χ4v) is 2.27. The van der Waals surface area contributed by atoms with Gasteiger partial charge in [0.25, 0.3) is 0 Å². The topological polar surface area (TPSA) is 29.5 Å². The van der Waals surface area contributed by atoms with Gasteiger partial charge in [-0.25, -0.2) is 0 Å². The first-order valence-corrected chi connectivity index (χ1v) is 5.95. The summed E-state index contributed by atoms with van der Waals surface area (Å²) in [4.78, 5) is 13.5. The van der Waals surface area contributed by atoms with Crippen LogP contribution in [0.5, 0.6) is 0 Å². The molecule has 0 N–H and O–H groups in total. The average Bonchev–Trinajstić information content (AvgIpc) is 2.28. The third kappa shape index (κ3) is 3.49. The lowest BCUT2D eigenvalue weighted by Crippen LogP contribution is -2.41. The highest BCUT2D eigenvalue weighted by Crippen LogP contribution is 2.26. The second kappa shape index (κ2) is 6.11. The van der Waals surface area contributed by atoms with Crippen molar-refractivity contribution in [1.82, 2.24) is 4.90 Å². The maximum absolute atomic E-state index is 11.5. The SMILES string of the molecule is CCC(C)C1CCN(C(=O)COC)CC1. The number of carbonyl (C=O) groups excluding carboxylic acids is 1. The summed E-state index contributed by atoms with van der Waals surface area (Å²) in [5.74, 6) is 1.74. The average molecular weight is 213 g/mol. The van der Waals surface area contributed by atoms with Gasteiger partial charge in [0.05, 0.1) is 0 Å². The minimum Gasteiger partial charge on any atom is -0.375 e. The summed E-state index contributed by atoms with van der Waals surface area (Å²) in [5, 5.41) is 0. The number of amides is 1. The predicted octanol–water partition coefficient (Wildman–Crippen LogP) is 1.92. The fraction of sp³-hybridized carbons (Fsp3) is 0.917. The van der Waals surface area contributed by atoms with Crippen LogP contribution >= 0.6 is 0 Å². The monoisotopic (exact) mass is 213 g/mol. The number of likely N-dealkylation sites (tertiary alicyclic amines) is 1. The van der Waals surface area contributed by atoms with Crippen LogP contribution in [0.2, 0.25) is 0 Å². The molecule has 0 spiro atoms. The van der Waals surface area contributed by atoms with Crippen LogP contribution in [0.25, 0.3) is 0 Å². The Morgan fingerprint density at radius 1 is 1.47 bits per heavy atom. The van der Waals surface area contributed by atoms with Gasteiger partial charge in [0, 0.05) is 20.2 Å². The first-order chi connectivity index (χ1) is 7.19. The van der Waals surface area contributed by atoms with Crippen molar-refractivity contribution in [2.75, 3.05) is 26.8 Å². The molecule has 15 heavy (non-hydrogen) atoms. The Hall–Kier alpha value is -0.570. The summed E-state index contributed by atoms with van der Waals surface area (Å²) in [6, 6.07) is 0. The Bertz CT molecular complexity index is 198. The normalized spacial score (nSPS) is 20.3. The van der Waals surface area contributed by atoms with Crippen molar-refractivity contribution >= 4 is 5.91 Å². The van der Waals surface area contributed by atoms with E-state index in [4.69, 9.17) is 4.74 Å². The van der Waals surface area contributed by atoms with E-state index in [1.807, 2.05) is 4.90 Å². The molecule has 0 aromatic carbocycles. The van der Waals surface area contributed by atoms with Crippen molar-refractivity contribution < 1.29 is 9.53 Å². The minimum atomic E-state index is 0.139. The van der Waals surface area contributed by atoms with Crippen LogP contribution in [-0.4, -0.2) is 37.6 Å². The number of hydrogen-bond donors (Lipinski definition) is 0. The number of carbonyl (C=O) groups is 1. The number of ether oxygens (including phenoxy) is 1. The summed E-state index contributed by atoms with van der Waals surface area (Å²) in [6.07, 6.45) is 3.56. The summed E-state index contributed by atoms with van der Waals surface area (Å²) in [6.45, 7) is 6.62. The van der Waals surface area contributed by atoms with Gasteiger partial charge in [-0.3, -0.25) is 4.79 Å². The molecule has 1 aliphatic heterocycles. The molecule has 1 unspecified atom stereocenters. The predicted molar refractivity (Wildman–Crippen MR) is 60.6 cm³/mol. The van der Waals surface area contributed by atoms with E-state index in [1.54, 1.807) is 7.11 Å². The summed E-state index contributed by atoms with van der Waals surface area (Å²) < 4.78 is 4.86. The molecule has 0 aromatic heterocycles. The lowest BCUT2D eigenvalue weighted by Gasteiger charge is -2.34. The zero-order valence-corrected chi connectivity index (χ0v) is 10.2. The van der Waals surface area contributed by atoms with Gasteiger partial charge in [-0.2, -0.15) is 0 Å². The first-order valence-electron chi connectivity index (χ1n) is 5.95. The van der Waals surface area contributed by atoms with E-state index >= 15 is 0 Å². The van der Waals surface area contributed by atoms with E-state index in [9.17, 15) is 4.79 Å². The first kappa shape index (κ1) is 12.5. The van der Waals surface area contributed by atoms with Gasteiger partial charge in [-0.15, -0.1) is 0 Å². The number of piperidine rings is 1.